The smallest absolute Gasteiger partial charge is 0.358 e. The van der Waals surface area contributed by atoms with Gasteiger partial charge in [-0.3, -0.25) is 18.9 Å². The number of carbonyl (C=O) groups is 4. The van der Waals surface area contributed by atoms with E-state index in [1.165, 1.54) is 11.9 Å². The van der Waals surface area contributed by atoms with Gasteiger partial charge in [0.2, 0.25) is 17.7 Å². The molecule has 2 rings (SSSR count). The SMILES string of the molecule is [B]CC(=O)N(CCNP(=O)(O)OCCCCCCNC(=O)CCCCC1SCC2NC(=O)NC21)CC(=O)NC. The lowest BCUT2D eigenvalue weighted by Gasteiger charge is -2.22. The van der Waals surface area contributed by atoms with E-state index in [-0.39, 0.29) is 62.5 Å². The topological polar surface area (TPSA) is 178 Å². The Labute approximate surface area is 236 Å². The van der Waals surface area contributed by atoms with Crippen LogP contribution in [0.25, 0.3) is 0 Å². The molecule has 2 radical (unpaired) electrons. The molecule has 16 heteroatoms. The number of urea groups is 1. The molecule has 6 N–H and O–H groups in total. The number of hydrogen-bond donors (Lipinski definition) is 6. The summed E-state index contributed by atoms with van der Waals surface area (Å²) < 4.78 is 17.2. The number of carbonyl (C=O) groups excluding carboxylic acids is 4. The summed E-state index contributed by atoms with van der Waals surface area (Å²) in [6, 6.07) is 0.351. The van der Waals surface area contributed by atoms with Crippen molar-refractivity contribution in [1.82, 2.24) is 31.3 Å². The average Bonchev–Trinajstić information content (AvgIpc) is 3.45. The molecule has 4 unspecified atom stereocenters. The average molecular weight is 588 g/mol. The van der Waals surface area contributed by atoms with Crippen LogP contribution in [0.1, 0.15) is 51.4 Å². The number of amides is 5. The zero-order valence-corrected chi connectivity index (χ0v) is 24.3. The molecule has 5 amide bonds. The van der Waals surface area contributed by atoms with Gasteiger partial charge in [0, 0.05) is 44.1 Å². The lowest BCUT2D eigenvalue weighted by atomic mass is 10.0. The van der Waals surface area contributed by atoms with E-state index in [0.717, 1.165) is 44.3 Å². The van der Waals surface area contributed by atoms with Crippen LogP contribution in [-0.2, 0) is 23.5 Å². The lowest BCUT2D eigenvalue weighted by molar-refractivity contribution is -0.134. The largest absolute Gasteiger partial charge is 0.402 e. The highest BCUT2D eigenvalue weighted by molar-refractivity contribution is 8.00. The third kappa shape index (κ3) is 12.9. The summed E-state index contributed by atoms with van der Waals surface area (Å²) >= 11 is 1.88. The Morgan fingerprint density at radius 2 is 1.90 bits per heavy atom. The third-order valence-electron chi connectivity index (χ3n) is 6.57. The summed E-state index contributed by atoms with van der Waals surface area (Å²) in [6.45, 7) is 0.490. The van der Waals surface area contributed by atoms with Gasteiger partial charge >= 0.3 is 13.8 Å². The molecule has 2 fully saturated rings. The molecule has 2 aliphatic rings. The second kappa shape index (κ2) is 17.8. The molecule has 0 aliphatic carbocycles. The van der Waals surface area contributed by atoms with Gasteiger partial charge in [-0.25, -0.2) is 14.4 Å². The molecular weight excluding hydrogens is 546 g/mol. The van der Waals surface area contributed by atoms with E-state index in [4.69, 9.17) is 12.4 Å². The van der Waals surface area contributed by atoms with E-state index >= 15 is 0 Å². The second-order valence-corrected chi connectivity index (χ2v) is 12.5. The third-order valence-corrected chi connectivity index (χ3v) is 9.24. The van der Waals surface area contributed by atoms with Crippen molar-refractivity contribution in [2.45, 2.75) is 75.0 Å². The van der Waals surface area contributed by atoms with Crippen LogP contribution < -0.4 is 26.4 Å². The molecule has 4 atom stereocenters. The number of nitrogens with zero attached hydrogens (tertiary/aromatic N) is 1. The predicted octanol–water partition coefficient (Wildman–Crippen LogP) is 0.257. The first-order valence-corrected chi connectivity index (χ1v) is 16.1. The van der Waals surface area contributed by atoms with Gasteiger partial charge in [-0.05, 0) is 32.0 Å². The number of fused-ring (bicyclic) bond motifs is 1. The zero-order chi connectivity index (χ0) is 28.7. The Balaban J connectivity index is 1.43. The second-order valence-electron chi connectivity index (χ2n) is 9.59. The number of unbranched alkanes of at least 4 members (excludes halogenated alkanes) is 4. The molecule has 0 spiro atoms. The number of nitrogens with one attached hydrogen (secondary N) is 5. The van der Waals surface area contributed by atoms with E-state index in [9.17, 15) is 28.6 Å². The highest BCUT2D eigenvalue weighted by Crippen LogP contribution is 2.36. The van der Waals surface area contributed by atoms with Crippen LogP contribution in [0.15, 0.2) is 0 Å². The van der Waals surface area contributed by atoms with Crippen molar-refractivity contribution < 1.29 is 33.2 Å². The first kappa shape index (κ1) is 33.4. The van der Waals surface area contributed by atoms with Crippen LogP contribution >= 0.6 is 19.5 Å². The molecule has 13 nitrogen and oxygen atoms in total. The molecule has 2 heterocycles. The van der Waals surface area contributed by atoms with Crippen molar-refractivity contribution in [3.63, 3.8) is 0 Å². The quantitative estimate of drug-likeness (QED) is 0.0504. The van der Waals surface area contributed by atoms with Gasteiger partial charge in [0.25, 0.3) is 0 Å². The van der Waals surface area contributed by atoms with Crippen LogP contribution in [0, 0.1) is 0 Å². The van der Waals surface area contributed by atoms with Crippen molar-refractivity contribution >= 4 is 51.1 Å². The molecule has 39 heavy (non-hydrogen) atoms. The van der Waals surface area contributed by atoms with Crippen molar-refractivity contribution in [3.8, 4) is 0 Å². The van der Waals surface area contributed by atoms with Crippen LogP contribution in [-0.4, -0.2) is 104 Å². The number of rotatable bonds is 20. The summed E-state index contributed by atoms with van der Waals surface area (Å²) in [4.78, 5) is 57.9. The molecule has 2 saturated heterocycles. The maximum Gasteiger partial charge on any atom is 0.402 e. The maximum atomic E-state index is 12.1. The minimum Gasteiger partial charge on any atom is -0.358 e. The van der Waals surface area contributed by atoms with Gasteiger partial charge in [0.1, 0.15) is 0 Å². The fourth-order valence-electron chi connectivity index (χ4n) is 4.40. The maximum absolute atomic E-state index is 12.1. The summed E-state index contributed by atoms with van der Waals surface area (Å²) in [5, 5.41) is 14.1. The molecular formula is C23H42BN6O7PS. The van der Waals surface area contributed by atoms with Crippen LogP contribution in [0.5, 0.6) is 0 Å². The van der Waals surface area contributed by atoms with Gasteiger partial charge < -0.3 is 31.1 Å². The molecule has 220 valence electrons. The monoisotopic (exact) mass is 588 g/mol. The number of likely N-dealkylation sites (N-methyl/N-ethyl adjacent to an activating group) is 1. The van der Waals surface area contributed by atoms with Crippen molar-refractivity contribution in [2.75, 3.05) is 45.6 Å². The number of thioether (sulfide) groups is 1. The van der Waals surface area contributed by atoms with E-state index in [2.05, 4.69) is 26.4 Å². The van der Waals surface area contributed by atoms with Crippen molar-refractivity contribution in [2.24, 2.45) is 0 Å². The minimum absolute atomic E-state index is 0.0287. The molecule has 0 aromatic carbocycles. The standard InChI is InChI=1S/C23H42BN6O7PS/c1-25-20(32)15-30(21(33)14-24)12-11-27-38(35,36)37-13-7-3-2-6-10-26-19(31)9-5-4-8-18-22-17(16-39-18)28-23(34)29-22/h17-18,22H,2-16H2,1H3,(H,25,32)(H,26,31)(H2,27,35,36)(H2,28,29,34). The highest BCUT2D eigenvalue weighted by Gasteiger charge is 2.42. The fourth-order valence-corrected chi connectivity index (χ4v) is 6.80. The highest BCUT2D eigenvalue weighted by atomic mass is 32.2. The zero-order valence-electron chi connectivity index (χ0n) is 22.6. The van der Waals surface area contributed by atoms with Gasteiger partial charge in [-0.1, -0.05) is 19.3 Å². The van der Waals surface area contributed by atoms with Crippen molar-refractivity contribution in [3.05, 3.63) is 0 Å². The first-order valence-electron chi connectivity index (χ1n) is 13.5. The van der Waals surface area contributed by atoms with Crippen LogP contribution in [0.4, 0.5) is 4.79 Å². The van der Waals surface area contributed by atoms with E-state index in [1.807, 2.05) is 11.8 Å². The van der Waals surface area contributed by atoms with E-state index in [1.54, 1.807) is 0 Å². The van der Waals surface area contributed by atoms with Crippen molar-refractivity contribution in [1.29, 1.82) is 0 Å². The van der Waals surface area contributed by atoms with Gasteiger partial charge in [-0.2, -0.15) is 11.8 Å². The predicted molar refractivity (Wildman–Crippen MR) is 150 cm³/mol. The van der Waals surface area contributed by atoms with Gasteiger partial charge in [0.05, 0.1) is 33.1 Å². The molecule has 2 aliphatic heterocycles. The Kier molecular flexibility index (Phi) is 15.3. The summed E-state index contributed by atoms with van der Waals surface area (Å²) in [5.74, 6) is 0.170. The van der Waals surface area contributed by atoms with Crippen LogP contribution in [0.3, 0.4) is 0 Å². The first-order chi connectivity index (χ1) is 18.6. The van der Waals surface area contributed by atoms with Gasteiger partial charge in [0.15, 0.2) is 0 Å². The molecule has 0 aromatic heterocycles. The summed E-state index contributed by atoms with van der Waals surface area (Å²) in [5.41, 5.74) is 0. The van der Waals surface area contributed by atoms with E-state index in [0.29, 0.717) is 24.6 Å². The Morgan fingerprint density at radius 3 is 2.64 bits per heavy atom. The Hall–Kier alpha value is -1.80. The van der Waals surface area contributed by atoms with E-state index < -0.39 is 13.7 Å². The van der Waals surface area contributed by atoms with Crippen LogP contribution in [0.2, 0.25) is 6.32 Å². The molecule has 0 aromatic rings. The minimum atomic E-state index is -4.03. The summed E-state index contributed by atoms with van der Waals surface area (Å²) in [7, 11) is 2.76. The summed E-state index contributed by atoms with van der Waals surface area (Å²) in [6.07, 6.45) is 6.03. The number of hydrogen-bond acceptors (Lipinski definition) is 7. The molecule has 0 saturated carbocycles. The Bertz CT molecular complexity index is 873. The molecule has 0 bridgehead atoms. The normalized spacial score (nSPS) is 21.4. The lowest BCUT2D eigenvalue weighted by Crippen LogP contribution is -2.42. The fraction of sp³-hybridized carbons (Fsp3) is 0.826. The Morgan fingerprint density at radius 1 is 1.13 bits per heavy atom. The van der Waals surface area contributed by atoms with Gasteiger partial charge in [-0.15, -0.1) is 0 Å².